The highest BCUT2D eigenvalue weighted by Crippen LogP contribution is 2.24. The molecule has 0 aliphatic heterocycles. The first-order valence-electron chi connectivity index (χ1n) is 7.24. The summed E-state index contributed by atoms with van der Waals surface area (Å²) in [5, 5.41) is 13.0. The minimum Gasteiger partial charge on any atom is -0.393 e. The molecule has 0 saturated heterocycles. The third kappa shape index (κ3) is 4.06. The van der Waals surface area contributed by atoms with Gasteiger partial charge in [0.05, 0.1) is 6.10 Å². The van der Waals surface area contributed by atoms with Crippen molar-refractivity contribution in [3.63, 3.8) is 0 Å². The van der Waals surface area contributed by atoms with Gasteiger partial charge >= 0.3 is 0 Å². The van der Waals surface area contributed by atoms with E-state index in [9.17, 15) is 9.90 Å². The van der Waals surface area contributed by atoms with Crippen molar-refractivity contribution in [2.75, 3.05) is 11.9 Å². The van der Waals surface area contributed by atoms with E-state index >= 15 is 0 Å². The fraction of sp³-hybridized carbons (Fsp3) is 0.562. The lowest BCUT2D eigenvalue weighted by Crippen LogP contribution is -2.24. The molecule has 3 nitrogen and oxygen atoms in total. The van der Waals surface area contributed by atoms with E-state index in [0.29, 0.717) is 12.3 Å². The third-order valence-electron chi connectivity index (χ3n) is 3.88. The molecule has 2 rings (SSSR count). The Labute approximate surface area is 115 Å². The predicted molar refractivity (Wildman–Crippen MR) is 77.5 cm³/mol. The standard InChI is InChI=1S/C16H23NO2/c1-2-16(19)13-6-8-14(9-7-13)17-11-12-4-3-5-15(18)10-12/h6-9,12,15,17-18H,2-5,10-11H2,1H3. The highest BCUT2D eigenvalue weighted by atomic mass is 16.3. The maximum absolute atomic E-state index is 11.5. The van der Waals surface area contributed by atoms with Crippen molar-refractivity contribution in [3.05, 3.63) is 29.8 Å². The summed E-state index contributed by atoms with van der Waals surface area (Å²) < 4.78 is 0. The monoisotopic (exact) mass is 261 g/mol. The highest BCUT2D eigenvalue weighted by Gasteiger charge is 2.19. The zero-order chi connectivity index (χ0) is 13.7. The fourth-order valence-electron chi connectivity index (χ4n) is 2.69. The molecule has 2 N–H and O–H groups in total. The molecule has 1 fully saturated rings. The van der Waals surface area contributed by atoms with Crippen LogP contribution in [0.25, 0.3) is 0 Å². The van der Waals surface area contributed by atoms with Crippen LogP contribution in [0.4, 0.5) is 5.69 Å². The molecule has 0 bridgehead atoms. The van der Waals surface area contributed by atoms with Crippen molar-refractivity contribution in [3.8, 4) is 0 Å². The summed E-state index contributed by atoms with van der Waals surface area (Å²) in [6.45, 7) is 2.78. The molecule has 0 amide bonds. The third-order valence-corrected chi connectivity index (χ3v) is 3.88. The molecule has 0 spiro atoms. The number of anilines is 1. The van der Waals surface area contributed by atoms with E-state index in [1.165, 1.54) is 6.42 Å². The van der Waals surface area contributed by atoms with Crippen LogP contribution in [0.15, 0.2) is 24.3 Å². The Balaban J connectivity index is 1.84. The van der Waals surface area contributed by atoms with Crippen LogP contribution in [0, 0.1) is 5.92 Å². The normalized spacial score (nSPS) is 23.1. The van der Waals surface area contributed by atoms with Crippen molar-refractivity contribution in [1.29, 1.82) is 0 Å². The summed E-state index contributed by atoms with van der Waals surface area (Å²) in [4.78, 5) is 11.5. The van der Waals surface area contributed by atoms with E-state index in [1.54, 1.807) is 0 Å². The van der Waals surface area contributed by atoms with Crippen LogP contribution in [0.3, 0.4) is 0 Å². The zero-order valence-electron chi connectivity index (χ0n) is 11.6. The summed E-state index contributed by atoms with van der Waals surface area (Å²) in [7, 11) is 0. The van der Waals surface area contributed by atoms with Gasteiger partial charge < -0.3 is 10.4 Å². The molecule has 2 atom stereocenters. The summed E-state index contributed by atoms with van der Waals surface area (Å²) >= 11 is 0. The molecule has 1 aromatic rings. The molecule has 1 aliphatic rings. The molecule has 19 heavy (non-hydrogen) atoms. The number of carbonyl (C=O) groups is 1. The number of aliphatic hydroxyl groups excluding tert-OH is 1. The maximum atomic E-state index is 11.5. The maximum Gasteiger partial charge on any atom is 0.162 e. The zero-order valence-corrected chi connectivity index (χ0v) is 11.6. The molecular formula is C16H23NO2. The lowest BCUT2D eigenvalue weighted by molar-refractivity contribution is 0.0987. The summed E-state index contributed by atoms with van der Waals surface area (Å²) in [5.41, 5.74) is 1.83. The second-order valence-corrected chi connectivity index (χ2v) is 5.42. The molecular weight excluding hydrogens is 238 g/mol. The van der Waals surface area contributed by atoms with Gasteiger partial charge in [0.15, 0.2) is 5.78 Å². The highest BCUT2D eigenvalue weighted by molar-refractivity contribution is 5.96. The van der Waals surface area contributed by atoms with Crippen molar-refractivity contribution < 1.29 is 9.90 Å². The first kappa shape index (κ1) is 14.1. The number of Topliss-reactive ketones (excluding diaryl/α,β-unsaturated/α-hetero) is 1. The van der Waals surface area contributed by atoms with Crippen LogP contribution < -0.4 is 5.32 Å². The average Bonchev–Trinajstić information content (AvgIpc) is 2.45. The molecule has 1 saturated carbocycles. The molecule has 0 heterocycles. The van der Waals surface area contributed by atoms with Crippen LogP contribution in [0.5, 0.6) is 0 Å². The first-order valence-corrected chi connectivity index (χ1v) is 7.24. The van der Waals surface area contributed by atoms with E-state index in [2.05, 4.69) is 5.32 Å². The minimum atomic E-state index is -0.120. The van der Waals surface area contributed by atoms with Crippen LogP contribution in [-0.2, 0) is 0 Å². The molecule has 3 heteroatoms. The van der Waals surface area contributed by atoms with Crippen molar-refractivity contribution in [1.82, 2.24) is 0 Å². The van der Waals surface area contributed by atoms with Gasteiger partial charge in [0.25, 0.3) is 0 Å². The van der Waals surface area contributed by atoms with Gasteiger partial charge in [-0.05, 0) is 49.4 Å². The van der Waals surface area contributed by atoms with Crippen molar-refractivity contribution >= 4 is 11.5 Å². The lowest BCUT2D eigenvalue weighted by atomic mass is 9.87. The number of carbonyl (C=O) groups excluding carboxylic acids is 1. The number of aliphatic hydroxyl groups is 1. The van der Waals surface area contributed by atoms with Gasteiger partial charge in [0.2, 0.25) is 0 Å². The van der Waals surface area contributed by atoms with Gasteiger partial charge in [-0.25, -0.2) is 0 Å². The number of ketones is 1. The van der Waals surface area contributed by atoms with Crippen LogP contribution in [0.1, 0.15) is 49.4 Å². The quantitative estimate of drug-likeness (QED) is 0.800. The second-order valence-electron chi connectivity index (χ2n) is 5.42. The fourth-order valence-corrected chi connectivity index (χ4v) is 2.69. The van der Waals surface area contributed by atoms with Crippen molar-refractivity contribution in [2.24, 2.45) is 5.92 Å². The van der Waals surface area contributed by atoms with E-state index in [0.717, 1.165) is 37.1 Å². The summed E-state index contributed by atoms with van der Waals surface area (Å²) in [6.07, 6.45) is 4.59. The van der Waals surface area contributed by atoms with Crippen LogP contribution in [0.2, 0.25) is 0 Å². The Morgan fingerprint density at radius 2 is 2.05 bits per heavy atom. The number of nitrogens with one attached hydrogen (secondary N) is 1. The SMILES string of the molecule is CCC(=O)c1ccc(NCC2CCCC(O)C2)cc1. The average molecular weight is 261 g/mol. The Bertz CT molecular complexity index is 413. The smallest absolute Gasteiger partial charge is 0.162 e. The Morgan fingerprint density at radius 3 is 2.68 bits per heavy atom. The second kappa shape index (κ2) is 6.71. The number of benzene rings is 1. The Hall–Kier alpha value is -1.35. The van der Waals surface area contributed by atoms with Crippen molar-refractivity contribution in [2.45, 2.75) is 45.1 Å². The molecule has 2 unspecified atom stereocenters. The van der Waals surface area contributed by atoms with Gasteiger partial charge in [-0.15, -0.1) is 0 Å². The van der Waals surface area contributed by atoms with Crippen LogP contribution >= 0.6 is 0 Å². The number of hydrogen-bond donors (Lipinski definition) is 2. The van der Waals surface area contributed by atoms with Gasteiger partial charge in [-0.3, -0.25) is 4.79 Å². The summed E-state index contributed by atoms with van der Waals surface area (Å²) in [6, 6.07) is 7.68. The predicted octanol–water partition coefficient (Wildman–Crippen LogP) is 3.24. The molecule has 1 aliphatic carbocycles. The Morgan fingerprint density at radius 1 is 1.32 bits per heavy atom. The molecule has 0 aromatic heterocycles. The molecule has 0 radical (unpaired) electrons. The van der Waals surface area contributed by atoms with E-state index < -0.39 is 0 Å². The largest absolute Gasteiger partial charge is 0.393 e. The van der Waals surface area contributed by atoms with Gasteiger partial charge in [0.1, 0.15) is 0 Å². The molecule has 104 valence electrons. The van der Waals surface area contributed by atoms with Gasteiger partial charge in [-0.1, -0.05) is 13.3 Å². The van der Waals surface area contributed by atoms with Crippen LogP contribution in [-0.4, -0.2) is 23.5 Å². The van der Waals surface area contributed by atoms with Gasteiger partial charge in [0, 0.05) is 24.2 Å². The topological polar surface area (TPSA) is 49.3 Å². The number of rotatable bonds is 5. The van der Waals surface area contributed by atoms with E-state index in [4.69, 9.17) is 0 Å². The lowest BCUT2D eigenvalue weighted by Gasteiger charge is -2.26. The Kier molecular flexibility index (Phi) is 4.97. The number of hydrogen-bond acceptors (Lipinski definition) is 3. The first-order chi connectivity index (χ1) is 9.19. The van der Waals surface area contributed by atoms with E-state index in [-0.39, 0.29) is 11.9 Å². The van der Waals surface area contributed by atoms with E-state index in [1.807, 2.05) is 31.2 Å². The summed E-state index contributed by atoms with van der Waals surface area (Å²) in [5.74, 6) is 0.739. The van der Waals surface area contributed by atoms with Gasteiger partial charge in [-0.2, -0.15) is 0 Å². The minimum absolute atomic E-state index is 0.120. The molecule has 1 aromatic carbocycles.